The van der Waals surface area contributed by atoms with E-state index in [1.807, 2.05) is 27.7 Å². The van der Waals surface area contributed by atoms with Gasteiger partial charge in [0.05, 0.1) is 0 Å². The first kappa shape index (κ1) is 20.3. The maximum absolute atomic E-state index is 11.6. The molecule has 0 aliphatic rings. The van der Waals surface area contributed by atoms with Gasteiger partial charge in [-0.05, 0) is 40.2 Å². The van der Waals surface area contributed by atoms with Gasteiger partial charge in [-0.3, -0.25) is 4.79 Å². The van der Waals surface area contributed by atoms with Crippen LogP contribution in [0.3, 0.4) is 0 Å². The second-order valence-corrected chi connectivity index (χ2v) is 7.67. The van der Waals surface area contributed by atoms with Crippen molar-refractivity contribution >= 4 is 14.7 Å². The average Bonchev–Trinajstić information content (AvgIpc) is 2.38. The van der Waals surface area contributed by atoms with Crippen molar-refractivity contribution in [1.82, 2.24) is 5.32 Å². The Morgan fingerprint density at radius 1 is 1.38 bits per heavy atom. The number of hydrogen-bond acceptors (Lipinski definition) is 5. The summed E-state index contributed by atoms with van der Waals surface area (Å²) in [6, 6.07) is 0.375. The van der Waals surface area contributed by atoms with Gasteiger partial charge in [-0.2, -0.15) is 0 Å². The molecule has 6 nitrogen and oxygen atoms in total. The molecular weight excluding hydrogens is 288 g/mol. The molecule has 0 aliphatic carbocycles. The predicted octanol–water partition coefficient (Wildman–Crippen LogP) is 1.79. The number of carbonyl (C=O) groups excluding carboxylic acids is 1. The fraction of sp³-hybridized carbons (Fsp3) is 0.786. The molecule has 0 aliphatic heterocycles. The lowest BCUT2D eigenvalue weighted by atomic mass is 10.2. The van der Waals surface area contributed by atoms with Crippen molar-refractivity contribution in [3.8, 4) is 0 Å². The fourth-order valence-corrected chi connectivity index (χ4v) is 5.01. The molecule has 2 unspecified atom stereocenters. The van der Waals surface area contributed by atoms with Gasteiger partial charge < -0.3 is 24.3 Å². The quantitative estimate of drug-likeness (QED) is 0.345. The third-order valence-corrected chi connectivity index (χ3v) is 6.29. The Kier molecular flexibility index (Phi) is 8.99. The predicted molar refractivity (Wildman–Crippen MR) is 85.6 cm³/mol. The molecule has 0 saturated carbocycles. The van der Waals surface area contributed by atoms with E-state index in [0.29, 0.717) is 25.7 Å². The summed E-state index contributed by atoms with van der Waals surface area (Å²) in [6.45, 7) is 13.8. The third kappa shape index (κ3) is 7.19. The highest BCUT2D eigenvalue weighted by Gasteiger charge is 2.47. The van der Waals surface area contributed by atoms with Crippen molar-refractivity contribution in [2.75, 3.05) is 13.2 Å². The summed E-state index contributed by atoms with van der Waals surface area (Å²) in [4.78, 5) is 11.6. The van der Waals surface area contributed by atoms with Gasteiger partial charge in [-0.25, -0.2) is 0 Å². The van der Waals surface area contributed by atoms with Gasteiger partial charge in [0, 0.05) is 25.3 Å². The van der Waals surface area contributed by atoms with Gasteiger partial charge in [0.1, 0.15) is 5.72 Å². The largest absolute Gasteiger partial charge is 0.504 e. The molecule has 0 saturated heterocycles. The van der Waals surface area contributed by atoms with Crippen molar-refractivity contribution in [1.29, 1.82) is 0 Å². The topological polar surface area (TPSA) is 82.8 Å². The summed E-state index contributed by atoms with van der Waals surface area (Å²) in [5.41, 5.74) is 5.04. The van der Waals surface area contributed by atoms with Crippen molar-refractivity contribution in [3.05, 3.63) is 12.7 Å². The maximum Gasteiger partial charge on any atom is 0.504 e. The summed E-state index contributed by atoms with van der Waals surface area (Å²) in [5.74, 6) is -0.295. The zero-order valence-electron chi connectivity index (χ0n) is 13.9. The molecule has 0 fully saturated rings. The van der Waals surface area contributed by atoms with Crippen LogP contribution >= 0.6 is 0 Å². The van der Waals surface area contributed by atoms with E-state index in [-0.39, 0.29) is 11.9 Å². The molecular formula is C14H30N2O4Si. The van der Waals surface area contributed by atoms with Crippen LogP contribution in [-0.4, -0.2) is 39.7 Å². The van der Waals surface area contributed by atoms with Crippen LogP contribution in [0.2, 0.25) is 6.04 Å². The standard InChI is InChI=1S/C14H30N2O4Si/c1-7-13(17)16-14(6,8-2)20-21(18-9-3,19-10-4)11-12(5)15/h7,12H,1,8-11,15H2,2-6H3,(H,16,17). The van der Waals surface area contributed by atoms with Gasteiger partial charge in [0.25, 0.3) is 0 Å². The molecule has 2 atom stereocenters. The van der Waals surface area contributed by atoms with E-state index < -0.39 is 14.5 Å². The van der Waals surface area contributed by atoms with Crippen LogP contribution in [-0.2, 0) is 18.1 Å². The highest BCUT2D eigenvalue weighted by atomic mass is 28.4. The number of rotatable bonds is 11. The van der Waals surface area contributed by atoms with Gasteiger partial charge in [-0.15, -0.1) is 0 Å². The van der Waals surface area contributed by atoms with Crippen LogP contribution in [0.25, 0.3) is 0 Å². The highest BCUT2D eigenvalue weighted by molar-refractivity contribution is 6.61. The molecule has 7 heteroatoms. The van der Waals surface area contributed by atoms with Crippen LogP contribution < -0.4 is 11.1 Å². The first-order chi connectivity index (χ1) is 9.76. The van der Waals surface area contributed by atoms with Gasteiger partial charge >= 0.3 is 8.80 Å². The Morgan fingerprint density at radius 3 is 2.24 bits per heavy atom. The first-order valence-corrected chi connectivity index (χ1v) is 9.37. The maximum atomic E-state index is 11.6. The van der Waals surface area contributed by atoms with Crippen LogP contribution in [0.1, 0.15) is 41.0 Å². The fourth-order valence-electron chi connectivity index (χ4n) is 1.94. The van der Waals surface area contributed by atoms with Crippen molar-refractivity contribution in [3.63, 3.8) is 0 Å². The smallest absolute Gasteiger partial charge is 0.374 e. The molecule has 1 amide bonds. The normalized spacial score (nSPS) is 16.1. The second-order valence-electron chi connectivity index (χ2n) is 5.11. The summed E-state index contributed by atoms with van der Waals surface area (Å²) in [7, 11) is -2.97. The highest BCUT2D eigenvalue weighted by Crippen LogP contribution is 2.25. The zero-order chi connectivity index (χ0) is 16.5. The van der Waals surface area contributed by atoms with Crippen molar-refractivity contribution in [2.45, 2.75) is 58.9 Å². The van der Waals surface area contributed by atoms with Crippen LogP contribution in [0, 0.1) is 0 Å². The minimum absolute atomic E-state index is 0.119. The number of hydrogen-bond donors (Lipinski definition) is 2. The number of nitrogens with two attached hydrogens (primary N) is 1. The van der Waals surface area contributed by atoms with Crippen molar-refractivity contribution in [2.24, 2.45) is 5.73 Å². The molecule has 3 N–H and O–H groups in total. The minimum atomic E-state index is -2.97. The van der Waals surface area contributed by atoms with Crippen molar-refractivity contribution < 1.29 is 18.1 Å². The van der Waals surface area contributed by atoms with Crippen LogP contribution in [0.15, 0.2) is 12.7 Å². The van der Waals surface area contributed by atoms with E-state index in [1.165, 1.54) is 6.08 Å². The molecule has 0 heterocycles. The van der Waals surface area contributed by atoms with Crippen LogP contribution in [0.4, 0.5) is 0 Å². The van der Waals surface area contributed by atoms with Crippen LogP contribution in [0.5, 0.6) is 0 Å². The summed E-state index contributed by atoms with van der Waals surface area (Å²) >= 11 is 0. The Bertz CT molecular complexity index is 333. The van der Waals surface area contributed by atoms with E-state index in [4.69, 9.17) is 19.0 Å². The zero-order valence-corrected chi connectivity index (χ0v) is 14.9. The molecule has 124 valence electrons. The van der Waals surface area contributed by atoms with E-state index in [9.17, 15) is 4.79 Å². The monoisotopic (exact) mass is 318 g/mol. The lowest BCUT2D eigenvalue weighted by Crippen LogP contribution is -2.59. The number of amides is 1. The molecule has 0 radical (unpaired) electrons. The Hall–Kier alpha value is -0.733. The second kappa shape index (κ2) is 9.32. The van der Waals surface area contributed by atoms with Gasteiger partial charge in [0.2, 0.25) is 5.91 Å². The summed E-state index contributed by atoms with van der Waals surface area (Å²) in [6.07, 6.45) is 1.79. The van der Waals surface area contributed by atoms with Gasteiger partial charge in [-0.1, -0.05) is 13.5 Å². The Balaban J connectivity index is 5.28. The molecule has 0 bridgehead atoms. The lowest BCUT2D eigenvalue weighted by molar-refractivity contribution is -0.124. The molecule has 21 heavy (non-hydrogen) atoms. The first-order valence-electron chi connectivity index (χ1n) is 7.44. The minimum Gasteiger partial charge on any atom is -0.374 e. The lowest BCUT2D eigenvalue weighted by Gasteiger charge is -2.39. The van der Waals surface area contributed by atoms with E-state index in [0.717, 1.165) is 0 Å². The number of carbonyl (C=O) groups is 1. The summed E-state index contributed by atoms with van der Waals surface area (Å²) < 4.78 is 17.8. The molecule has 0 aromatic carbocycles. The van der Waals surface area contributed by atoms with E-state index >= 15 is 0 Å². The van der Waals surface area contributed by atoms with Gasteiger partial charge in [0.15, 0.2) is 0 Å². The Labute approximate surface area is 129 Å². The number of nitrogens with one attached hydrogen (secondary N) is 1. The third-order valence-electron chi connectivity index (χ3n) is 2.93. The van der Waals surface area contributed by atoms with E-state index in [2.05, 4.69) is 11.9 Å². The molecule has 0 aromatic rings. The molecule has 0 spiro atoms. The average molecular weight is 318 g/mol. The summed E-state index contributed by atoms with van der Waals surface area (Å²) in [5, 5.41) is 2.79. The molecule has 0 aromatic heterocycles. The van der Waals surface area contributed by atoms with E-state index in [1.54, 1.807) is 6.92 Å². The SMILES string of the molecule is C=CC(=O)NC(C)(CC)O[Si](CC(C)N)(OCC)OCC. The Morgan fingerprint density at radius 2 is 1.90 bits per heavy atom. The molecule has 0 rings (SSSR count).